The van der Waals surface area contributed by atoms with Crippen LogP contribution in [0.5, 0.6) is 0 Å². The van der Waals surface area contributed by atoms with Gasteiger partial charge < -0.3 is 49.1 Å². The van der Waals surface area contributed by atoms with E-state index in [1.807, 2.05) is 0 Å². The molecule has 1 fully saturated rings. The van der Waals surface area contributed by atoms with Crippen molar-refractivity contribution >= 4 is 42.2 Å². The number of nitrogens with one attached hydrogen (secondary N) is 3. The molecule has 1 atom stereocenters. The van der Waals surface area contributed by atoms with Crippen LogP contribution >= 0.6 is 12.6 Å². The Hall–Kier alpha value is -3.24. The third kappa shape index (κ3) is 20.4. The van der Waals surface area contributed by atoms with Crippen molar-refractivity contribution in [1.82, 2.24) is 35.8 Å². The molecule has 1 aromatic heterocycles. The SMILES string of the molecule is COCCOCCOCCNC(=O)COCc1cn(CCNC(=O)CCOCCOCCOCCC(=O)NCCN2C(=O)CC(S)C2=O)nn1. The average molecular weight is 734 g/mol. The summed E-state index contributed by atoms with van der Waals surface area (Å²) in [4.78, 5) is 60.4. The van der Waals surface area contributed by atoms with Gasteiger partial charge in [-0.2, -0.15) is 12.6 Å². The summed E-state index contributed by atoms with van der Waals surface area (Å²) in [6.07, 6.45) is 2.10. The number of amides is 5. The van der Waals surface area contributed by atoms with Crippen molar-refractivity contribution in [3.63, 3.8) is 0 Å². The topological polar surface area (TPSA) is 220 Å². The summed E-state index contributed by atoms with van der Waals surface area (Å²) in [5.41, 5.74) is 0.558. The summed E-state index contributed by atoms with van der Waals surface area (Å²) in [5, 5.41) is 15.5. The van der Waals surface area contributed by atoms with Crippen LogP contribution < -0.4 is 16.0 Å². The Labute approximate surface area is 297 Å². The summed E-state index contributed by atoms with van der Waals surface area (Å²) in [6, 6.07) is 0. The van der Waals surface area contributed by atoms with Crippen molar-refractivity contribution < 1.29 is 57.1 Å². The Morgan fingerprint density at radius 3 is 1.86 bits per heavy atom. The van der Waals surface area contributed by atoms with E-state index in [-0.39, 0.29) is 88.3 Å². The Morgan fingerprint density at radius 2 is 1.28 bits per heavy atom. The molecule has 1 aliphatic heterocycles. The Bertz CT molecular complexity index is 1150. The maximum Gasteiger partial charge on any atom is 0.246 e. The highest BCUT2D eigenvalue weighted by Gasteiger charge is 2.35. The number of hydrogen-bond donors (Lipinski definition) is 4. The zero-order valence-electron chi connectivity index (χ0n) is 28.6. The zero-order valence-corrected chi connectivity index (χ0v) is 29.5. The van der Waals surface area contributed by atoms with Gasteiger partial charge in [0.1, 0.15) is 12.3 Å². The molecule has 2 heterocycles. The number of ether oxygens (including phenoxy) is 7. The first-order valence-electron chi connectivity index (χ1n) is 16.5. The molecule has 1 unspecified atom stereocenters. The molecular formula is C30H51N7O12S. The van der Waals surface area contributed by atoms with Gasteiger partial charge in [0.05, 0.1) is 97.3 Å². The van der Waals surface area contributed by atoms with E-state index in [9.17, 15) is 24.0 Å². The lowest BCUT2D eigenvalue weighted by Gasteiger charge is -2.14. The van der Waals surface area contributed by atoms with Crippen LogP contribution in [-0.4, -0.2) is 167 Å². The Kier molecular flexibility index (Phi) is 23.6. The molecule has 19 nitrogen and oxygen atoms in total. The van der Waals surface area contributed by atoms with Crippen LogP contribution in [0.3, 0.4) is 0 Å². The van der Waals surface area contributed by atoms with Gasteiger partial charge >= 0.3 is 0 Å². The predicted molar refractivity (Wildman–Crippen MR) is 178 cm³/mol. The van der Waals surface area contributed by atoms with Gasteiger partial charge in [0.2, 0.25) is 29.5 Å². The highest BCUT2D eigenvalue weighted by Crippen LogP contribution is 2.16. The maximum atomic E-state index is 12.0. The lowest BCUT2D eigenvalue weighted by molar-refractivity contribution is -0.138. The summed E-state index contributed by atoms with van der Waals surface area (Å²) in [7, 11) is 1.61. The first kappa shape index (κ1) is 42.9. The normalized spacial score (nSPS) is 14.4. The number of methoxy groups -OCH3 is 1. The second-order valence-corrected chi connectivity index (χ2v) is 11.3. The molecule has 1 aromatic rings. The molecule has 20 heteroatoms. The van der Waals surface area contributed by atoms with E-state index in [2.05, 4.69) is 38.9 Å². The lowest BCUT2D eigenvalue weighted by atomic mass is 10.4. The molecule has 0 bridgehead atoms. The van der Waals surface area contributed by atoms with E-state index >= 15 is 0 Å². The monoisotopic (exact) mass is 733 g/mol. The van der Waals surface area contributed by atoms with Crippen LogP contribution in [0.15, 0.2) is 6.20 Å². The van der Waals surface area contributed by atoms with E-state index in [4.69, 9.17) is 33.2 Å². The van der Waals surface area contributed by atoms with Gasteiger partial charge in [0.25, 0.3) is 0 Å². The number of carbonyl (C=O) groups is 5. The molecular weight excluding hydrogens is 682 g/mol. The standard InChI is InChI=1S/C30H51N7O12S/c1-43-12-13-47-19-16-46-11-6-33-28(40)23-49-22-24-21-36(35-34-24)7-4-31-26(38)2-9-44-14-17-48-18-15-45-10-3-27(39)32-5-8-37-29(41)20-25(50)30(37)42/h21,25,50H,2-20,22-23H2,1H3,(H,31,38)(H,32,39)(H,33,40). The summed E-state index contributed by atoms with van der Waals surface area (Å²) in [6.45, 7) is 5.48. The van der Waals surface area contributed by atoms with Gasteiger partial charge in [0.15, 0.2) is 0 Å². The van der Waals surface area contributed by atoms with Crippen molar-refractivity contribution in [2.45, 2.75) is 37.7 Å². The minimum absolute atomic E-state index is 0.0840. The Balaban J connectivity index is 1.33. The Morgan fingerprint density at radius 1 is 0.740 bits per heavy atom. The predicted octanol–water partition coefficient (Wildman–Crippen LogP) is -2.29. The number of rotatable bonds is 31. The van der Waals surface area contributed by atoms with Crippen LogP contribution in [0.2, 0.25) is 0 Å². The van der Waals surface area contributed by atoms with E-state index < -0.39 is 5.25 Å². The van der Waals surface area contributed by atoms with Crippen LogP contribution in [0.1, 0.15) is 25.0 Å². The number of aromatic nitrogens is 3. The van der Waals surface area contributed by atoms with Crippen molar-refractivity contribution in [3.05, 3.63) is 11.9 Å². The fourth-order valence-electron chi connectivity index (χ4n) is 4.11. The van der Waals surface area contributed by atoms with Crippen LogP contribution in [0.4, 0.5) is 0 Å². The number of likely N-dealkylation sites (tertiary alicyclic amines) is 1. The fraction of sp³-hybridized carbons (Fsp3) is 0.767. The minimum atomic E-state index is -0.601. The second-order valence-electron chi connectivity index (χ2n) is 10.7. The number of imide groups is 1. The number of thiol groups is 1. The van der Waals surface area contributed by atoms with E-state index in [0.717, 1.165) is 4.90 Å². The molecule has 50 heavy (non-hydrogen) atoms. The second kappa shape index (κ2) is 27.5. The van der Waals surface area contributed by atoms with Crippen molar-refractivity contribution in [1.29, 1.82) is 0 Å². The largest absolute Gasteiger partial charge is 0.382 e. The van der Waals surface area contributed by atoms with E-state index in [0.29, 0.717) is 84.8 Å². The summed E-state index contributed by atoms with van der Waals surface area (Å²) in [5.74, 6) is -1.29. The number of carbonyl (C=O) groups excluding carboxylic acids is 5. The molecule has 0 radical (unpaired) electrons. The molecule has 3 N–H and O–H groups in total. The third-order valence-electron chi connectivity index (χ3n) is 6.67. The molecule has 284 valence electrons. The molecule has 0 aromatic carbocycles. The molecule has 2 rings (SSSR count). The quantitative estimate of drug-likeness (QED) is 0.0359. The summed E-state index contributed by atoms with van der Waals surface area (Å²) >= 11 is 4.06. The lowest BCUT2D eigenvalue weighted by Crippen LogP contribution is -2.38. The van der Waals surface area contributed by atoms with Gasteiger partial charge in [0, 0.05) is 52.6 Å². The number of nitrogens with zero attached hydrogens (tertiary/aromatic N) is 4. The van der Waals surface area contributed by atoms with Gasteiger partial charge in [-0.25, -0.2) is 0 Å². The van der Waals surface area contributed by atoms with Crippen LogP contribution in [-0.2, 0) is 70.3 Å². The highest BCUT2D eigenvalue weighted by atomic mass is 32.1. The van der Waals surface area contributed by atoms with Crippen molar-refractivity contribution in [3.8, 4) is 0 Å². The molecule has 5 amide bonds. The first-order valence-corrected chi connectivity index (χ1v) is 17.0. The highest BCUT2D eigenvalue weighted by molar-refractivity contribution is 7.81. The molecule has 0 aliphatic carbocycles. The fourth-order valence-corrected chi connectivity index (χ4v) is 4.40. The van der Waals surface area contributed by atoms with Crippen molar-refractivity contribution in [2.24, 2.45) is 0 Å². The van der Waals surface area contributed by atoms with Gasteiger partial charge in [-0.1, -0.05) is 5.21 Å². The third-order valence-corrected chi connectivity index (χ3v) is 7.08. The number of hydrogen-bond acceptors (Lipinski definition) is 15. The minimum Gasteiger partial charge on any atom is -0.382 e. The van der Waals surface area contributed by atoms with E-state index in [1.165, 1.54) is 0 Å². The summed E-state index contributed by atoms with van der Waals surface area (Å²) < 4.78 is 38.7. The van der Waals surface area contributed by atoms with Gasteiger partial charge in [-0.05, 0) is 0 Å². The first-order chi connectivity index (χ1) is 24.3. The molecule has 0 spiro atoms. The zero-order chi connectivity index (χ0) is 36.2. The molecule has 1 saturated heterocycles. The van der Waals surface area contributed by atoms with Gasteiger partial charge in [-0.15, -0.1) is 5.10 Å². The maximum absolute atomic E-state index is 12.0. The molecule has 0 saturated carbocycles. The molecule has 1 aliphatic rings. The van der Waals surface area contributed by atoms with Gasteiger partial charge in [-0.3, -0.25) is 33.6 Å². The van der Waals surface area contributed by atoms with Crippen molar-refractivity contribution in [2.75, 3.05) is 113 Å². The smallest absolute Gasteiger partial charge is 0.246 e. The van der Waals surface area contributed by atoms with Crippen LogP contribution in [0.25, 0.3) is 0 Å². The average Bonchev–Trinajstić information content (AvgIpc) is 3.64. The van der Waals surface area contributed by atoms with E-state index in [1.54, 1.807) is 18.0 Å². The van der Waals surface area contributed by atoms with Crippen LogP contribution in [0, 0.1) is 0 Å².